The zero-order valence-corrected chi connectivity index (χ0v) is 7.38. The molecule has 3 nitrogen and oxygen atoms in total. The van der Waals surface area contributed by atoms with Gasteiger partial charge in [0.1, 0.15) is 5.75 Å². The summed E-state index contributed by atoms with van der Waals surface area (Å²) < 4.78 is 30.0. The van der Waals surface area contributed by atoms with E-state index < -0.39 is 23.4 Å². The number of hydrogen-bond acceptors (Lipinski definition) is 3. The van der Waals surface area contributed by atoms with Crippen LogP contribution in [0.15, 0.2) is 12.1 Å². The molecule has 1 aromatic rings. The van der Waals surface area contributed by atoms with E-state index in [0.717, 1.165) is 12.1 Å². The molecule has 76 valence electrons. The van der Waals surface area contributed by atoms with Crippen molar-refractivity contribution in [1.29, 1.82) is 0 Å². The lowest BCUT2D eigenvalue weighted by Crippen LogP contribution is -2.06. The third-order valence-electron chi connectivity index (χ3n) is 1.51. The monoisotopic (exact) mass is 202 g/mol. The molecule has 0 atom stereocenters. The summed E-state index contributed by atoms with van der Waals surface area (Å²) in [6.45, 7) is 1.55. The second-order valence-corrected chi connectivity index (χ2v) is 2.56. The molecule has 5 heteroatoms. The summed E-state index contributed by atoms with van der Waals surface area (Å²) in [5, 5.41) is 8.73. The minimum Gasteiger partial charge on any atom is -0.503 e. The fourth-order valence-corrected chi connectivity index (χ4v) is 0.805. The van der Waals surface area contributed by atoms with Gasteiger partial charge < -0.3 is 9.84 Å². The Balaban J connectivity index is 2.95. The van der Waals surface area contributed by atoms with Gasteiger partial charge in [-0.3, -0.25) is 4.79 Å². The smallest absolute Gasteiger partial charge is 0.310 e. The summed E-state index contributed by atoms with van der Waals surface area (Å²) in [4.78, 5) is 10.8. The van der Waals surface area contributed by atoms with Gasteiger partial charge in [-0.1, -0.05) is 6.92 Å². The number of esters is 1. The van der Waals surface area contributed by atoms with E-state index in [-0.39, 0.29) is 12.2 Å². The van der Waals surface area contributed by atoms with Crippen LogP contribution in [0.2, 0.25) is 0 Å². The zero-order chi connectivity index (χ0) is 10.7. The second kappa shape index (κ2) is 4.04. The first kappa shape index (κ1) is 10.4. The topological polar surface area (TPSA) is 46.5 Å². The molecule has 0 unspecified atom stereocenters. The van der Waals surface area contributed by atoms with Crippen molar-refractivity contribution in [3.05, 3.63) is 23.8 Å². The summed E-state index contributed by atoms with van der Waals surface area (Å²) in [5.41, 5.74) is 0. The maximum atomic E-state index is 12.7. The Labute approximate surface area is 78.9 Å². The number of ether oxygens (including phenoxy) is 1. The van der Waals surface area contributed by atoms with Crippen LogP contribution in [-0.2, 0) is 4.79 Å². The van der Waals surface area contributed by atoms with E-state index in [1.54, 1.807) is 6.92 Å². The average Bonchev–Trinajstić information content (AvgIpc) is 2.14. The van der Waals surface area contributed by atoms with Crippen molar-refractivity contribution >= 4 is 5.97 Å². The number of carbonyl (C=O) groups is 1. The Morgan fingerprint density at radius 1 is 1.43 bits per heavy atom. The van der Waals surface area contributed by atoms with Crippen molar-refractivity contribution in [2.75, 3.05) is 0 Å². The zero-order valence-electron chi connectivity index (χ0n) is 7.38. The first-order chi connectivity index (χ1) is 6.54. The predicted octanol–water partition coefficient (Wildman–Crippen LogP) is 1.99. The number of benzene rings is 1. The standard InChI is InChI=1S/C9H8F2O3/c1-2-8(12)14-5-3-6(10)9(13)7(11)4-5/h3-4,13H,2H2,1H3. The molecule has 14 heavy (non-hydrogen) atoms. The van der Waals surface area contributed by atoms with Crippen LogP contribution in [0, 0.1) is 11.6 Å². The van der Waals surface area contributed by atoms with Gasteiger partial charge >= 0.3 is 5.97 Å². The Morgan fingerprint density at radius 3 is 2.36 bits per heavy atom. The van der Waals surface area contributed by atoms with Gasteiger partial charge in [0.25, 0.3) is 0 Å². The molecule has 0 amide bonds. The van der Waals surface area contributed by atoms with Gasteiger partial charge in [0, 0.05) is 18.6 Å². The molecule has 0 bridgehead atoms. The highest BCUT2D eigenvalue weighted by atomic mass is 19.1. The minimum atomic E-state index is -1.16. The number of phenols is 1. The Kier molecular flexibility index (Phi) is 3.01. The van der Waals surface area contributed by atoms with E-state index in [0.29, 0.717) is 0 Å². The fraction of sp³-hybridized carbons (Fsp3) is 0.222. The Morgan fingerprint density at radius 2 is 1.93 bits per heavy atom. The Bertz CT molecular complexity index is 340. The number of aromatic hydroxyl groups is 1. The van der Waals surface area contributed by atoms with Gasteiger partial charge in [-0.05, 0) is 0 Å². The van der Waals surface area contributed by atoms with Crippen molar-refractivity contribution in [2.45, 2.75) is 13.3 Å². The minimum absolute atomic E-state index is 0.101. The highest BCUT2D eigenvalue weighted by Gasteiger charge is 2.11. The number of hydrogen-bond donors (Lipinski definition) is 1. The van der Waals surface area contributed by atoms with Crippen LogP contribution < -0.4 is 4.74 Å². The molecule has 1 aromatic carbocycles. The molecule has 0 spiro atoms. The molecule has 0 aliphatic heterocycles. The molecular weight excluding hydrogens is 194 g/mol. The van der Waals surface area contributed by atoms with Gasteiger partial charge in [-0.2, -0.15) is 0 Å². The quantitative estimate of drug-likeness (QED) is 0.589. The van der Waals surface area contributed by atoms with E-state index in [4.69, 9.17) is 5.11 Å². The lowest BCUT2D eigenvalue weighted by Gasteiger charge is -2.04. The highest BCUT2D eigenvalue weighted by molar-refractivity contribution is 5.71. The molecule has 0 aliphatic rings. The first-order valence-electron chi connectivity index (χ1n) is 3.93. The summed E-state index contributed by atoms with van der Waals surface area (Å²) in [6.07, 6.45) is 0.101. The number of halogens is 2. The lowest BCUT2D eigenvalue weighted by molar-refractivity contribution is -0.134. The molecule has 0 aromatic heterocycles. The van der Waals surface area contributed by atoms with Crippen molar-refractivity contribution in [3.63, 3.8) is 0 Å². The van der Waals surface area contributed by atoms with Gasteiger partial charge in [0.2, 0.25) is 0 Å². The average molecular weight is 202 g/mol. The normalized spacial score (nSPS) is 9.93. The number of carbonyl (C=O) groups excluding carboxylic acids is 1. The highest BCUT2D eigenvalue weighted by Crippen LogP contribution is 2.25. The summed E-state index contributed by atoms with van der Waals surface area (Å²) in [6, 6.07) is 1.48. The van der Waals surface area contributed by atoms with E-state index >= 15 is 0 Å². The SMILES string of the molecule is CCC(=O)Oc1cc(F)c(O)c(F)c1. The van der Waals surface area contributed by atoms with Crippen LogP contribution in [0.3, 0.4) is 0 Å². The van der Waals surface area contributed by atoms with E-state index in [9.17, 15) is 13.6 Å². The summed E-state index contributed by atoms with van der Waals surface area (Å²) >= 11 is 0. The first-order valence-corrected chi connectivity index (χ1v) is 3.93. The van der Waals surface area contributed by atoms with Crippen molar-refractivity contribution in [1.82, 2.24) is 0 Å². The molecule has 1 N–H and O–H groups in total. The number of phenolic OH excluding ortho intramolecular Hbond substituents is 1. The van der Waals surface area contributed by atoms with Crippen molar-refractivity contribution in [2.24, 2.45) is 0 Å². The summed E-state index contributed by atoms with van der Waals surface area (Å²) in [7, 11) is 0. The van der Waals surface area contributed by atoms with Crippen LogP contribution in [0.25, 0.3) is 0 Å². The van der Waals surface area contributed by atoms with Crippen LogP contribution in [0.5, 0.6) is 11.5 Å². The van der Waals surface area contributed by atoms with Gasteiger partial charge in [0.05, 0.1) is 0 Å². The van der Waals surface area contributed by atoms with Crippen LogP contribution >= 0.6 is 0 Å². The van der Waals surface area contributed by atoms with Crippen LogP contribution in [0.4, 0.5) is 8.78 Å². The molecule has 0 aliphatic carbocycles. The fourth-order valence-electron chi connectivity index (χ4n) is 0.805. The molecule has 1 rings (SSSR count). The van der Waals surface area contributed by atoms with Crippen LogP contribution in [-0.4, -0.2) is 11.1 Å². The van der Waals surface area contributed by atoms with Gasteiger partial charge in [0.15, 0.2) is 17.4 Å². The predicted molar refractivity (Wildman–Crippen MR) is 43.9 cm³/mol. The lowest BCUT2D eigenvalue weighted by atomic mass is 10.3. The molecule has 0 heterocycles. The van der Waals surface area contributed by atoms with E-state index in [2.05, 4.69) is 4.74 Å². The van der Waals surface area contributed by atoms with Crippen LogP contribution in [0.1, 0.15) is 13.3 Å². The molecular formula is C9H8F2O3. The maximum Gasteiger partial charge on any atom is 0.310 e. The van der Waals surface area contributed by atoms with E-state index in [1.807, 2.05) is 0 Å². The molecule has 0 radical (unpaired) electrons. The molecule has 0 saturated heterocycles. The second-order valence-electron chi connectivity index (χ2n) is 2.56. The van der Waals surface area contributed by atoms with Gasteiger partial charge in [-0.15, -0.1) is 0 Å². The third kappa shape index (κ3) is 2.18. The van der Waals surface area contributed by atoms with E-state index in [1.165, 1.54) is 0 Å². The molecule has 0 fully saturated rings. The summed E-state index contributed by atoms with van der Waals surface area (Å²) in [5.74, 6) is -4.27. The largest absolute Gasteiger partial charge is 0.503 e. The van der Waals surface area contributed by atoms with Gasteiger partial charge in [-0.25, -0.2) is 8.78 Å². The maximum absolute atomic E-state index is 12.7. The number of rotatable bonds is 2. The van der Waals surface area contributed by atoms with Crippen molar-refractivity contribution < 1.29 is 23.4 Å². The van der Waals surface area contributed by atoms with Crippen molar-refractivity contribution in [3.8, 4) is 11.5 Å². The third-order valence-corrected chi connectivity index (χ3v) is 1.51. The molecule has 0 saturated carbocycles. The Hall–Kier alpha value is -1.65.